The first-order chi connectivity index (χ1) is 11.1. The molecule has 2 aliphatic heterocycles. The van der Waals surface area contributed by atoms with Crippen molar-refractivity contribution in [1.29, 1.82) is 0 Å². The normalized spacial score (nSPS) is 21.3. The summed E-state index contributed by atoms with van der Waals surface area (Å²) in [5, 5.41) is 3.53. The Labute approximate surface area is 143 Å². The molecule has 6 nitrogen and oxygen atoms in total. The molecular weight excluding hydrogens is 338 g/mol. The third-order valence-corrected chi connectivity index (χ3v) is 4.94. The minimum absolute atomic E-state index is 0.0906. The molecule has 8 heteroatoms. The van der Waals surface area contributed by atoms with E-state index in [2.05, 4.69) is 10.3 Å². The number of morpholine rings is 1. The van der Waals surface area contributed by atoms with Crippen molar-refractivity contribution in [2.24, 2.45) is 4.99 Å². The van der Waals surface area contributed by atoms with Crippen molar-refractivity contribution in [3.8, 4) is 0 Å². The van der Waals surface area contributed by atoms with Gasteiger partial charge in [0.25, 0.3) is 5.91 Å². The van der Waals surface area contributed by atoms with Crippen LogP contribution < -0.4 is 5.32 Å². The minimum Gasteiger partial charge on any atom is -0.378 e. The number of thioether (sulfide) groups is 1. The highest BCUT2D eigenvalue weighted by Crippen LogP contribution is 2.28. The van der Waals surface area contributed by atoms with Crippen LogP contribution in [0.3, 0.4) is 0 Å². The highest BCUT2D eigenvalue weighted by atomic mass is 35.5. The van der Waals surface area contributed by atoms with Crippen molar-refractivity contribution in [2.75, 3.05) is 31.6 Å². The van der Waals surface area contributed by atoms with Gasteiger partial charge in [0.2, 0.25) is 5.91 Å². The molecule has 0 saturated carbocycles. The van der Waals surface area contributed by atoms with Gasteiger partial charge in [-0.15, -0.1) is 0 Å². The molecule has 1 saturated heterocycles. The summed E-state index contributed by atoms with van der Waals surface area (Å²) in [6, 6.07) is 6.91. The van der Waals surface area contributed by atoms with Crippen LogP contribution in [0.2, 0.25) is 5.02 Å². The SMILES string of the molecule is O=C(CC1SC(N2CCOCC2)=NC1=O)Nc1cccc(Cl)c1. The lowest BCUT2D eigenvalue weighted by atomic mass is 10.2. The van der Waals surface area contributed by atoms with Crippen molar-refractivity contribution in [3.05, 3.63) is 29.3 Å². The summed E-state index contributed by atoms with van der Waals surface area (Å²) in [5.41, 5.74) is 0.618. The standard InChI is InChI=1S/C15H16ClN3O3S/c16-10-2-1-3-11(8-10)17-13(20)9-12-14(21)18-15(23-12)19-4-6-22-7-5-19/h1-3,8,12H,4-7,9H2,(H,17,20). The summed E-state index contributed by atoms with van der Waals surface area (Å²) in [6.07, 6.45) is 0.0906. The summed E-state index contributed by atoms with van der Waals surface area (Å²) in [5.74, 6) is -0.478. The number of halogens is 1. The molecule has 0 spiro atoms. The molecule has 1 aromatic carbocycles. The first kappa shape index (κ1) is 16.3. The first-order valence-electron chi connectivity index (χ1n) is 7.29. The molecular formula is C15H16ClN3O3S. The average Bonchev–Trinajstić information content (AvgIpc) is 2.89. The van der Waals surface area contributed by atoms with Crippen LogP contribution in [-0.2, 0) is 14.3 Å². The minimum atomic E-state index is -0.466. The number of rotatable bonds is 3. The molecule has 1 aromatic rings. The quantitative estimate of drug-likeness (QED) is 0.900. The number of anilines is 1. The monoisotopic (exact) mass is 353 g/mol. The lowest BCUT2D eigenvalue weighted by Crippen LogP contribution is -2.39. The Morgan fingerprint density at radius 1 is 1.43 bits per heavy atom. The summed E-state index contributed by atoms with van der Waals surface area (Å²) in [4.78, 5) is 30.2. The molecule has 23 heavy (non-hydrogen) atoms. The van der Waals surface area contributed by atoms with Gasteiger partial charge in [-0.05, 0) is 18.2 Å². The molecule has 2 heterocycles. The second-order valence-corrected chi connectivity index (χ2v) is 6.81. The summed E-state index contributed by atoms with van der Waals surface area (Å²) >= 11 is 7.23. The van der Waals surface area contributed by atoms with Crippen molar-refractivity contribution < 1.29 is 14.3 Å². The number of nitrogens with zero attached hydrogens (tertiary/aromatic N) is 2. The van der Waals surface area contributed by atoms with Gasteiger partial charge >= 0.3 is 0 Å². The van der Waals surface area contributed by atoms with E-state index in [9.17, 15) is 9.59 Å². The van der Waals surface area contributed by atoms with Gasteiger partial charge in [0.05, 0.1) is 13.2 Å². The Morgan fingerprint density at radius 3 is 2.96 bits per heavy atom. The van der Waals surface area contributed by atoms with Gasteiger partial charge in [-0.1, -0.05) is 29.4 Å². The predicted octanol–water partition coefficient (Wildman–Crippen LogP) is 2.00. The number of amidine groups is 1. The molecule has 1 unspecified atom stereocenters. The van der Waals surface area contributed by atoms with E-state index in [1.54, 1.807) is 24.3 Å². The van der Waals surface area contributed by atoms with Gasteiger partial charge in [-0.2, -0.15) is 4.99 Å². The van der Waals surface area contributed by atoms with Gasteiger partial charge in [-0.25, -0.2) is 0 Å². The predicted molar refractivity (Wildman–Crippen MR) is 90.9 cm³/mol. The van der Waals surface area contributed by atoms with E-state index in [4.69, 9.17) is 16.3 Å². The van der Waals surface area contributed by atoms with Crippen LogP contribution in [0.5, 0.6) is 0 Å². The molecule has 0 aromatic heterocycles. The number of ether oxygens (including phenoxy) is 1. The summed E-state index contributed by atoms with van der Waals surface area (Å²) in [6.45, 7) is 2.71. The zero-order valence-corrected chi connectivity index (χ0v) is 13.9. The molecule has 2 amide bonds. The zero-order chi connectivity index (χ0) is 16.2. The third-order valence-electron chi connectivity index (χ3n) is 3.49. The van der Waals surface area contributed by atoms with Crippen molar-refractivity contribution in [1.82, 2.24) is 4.90 Å². The van der Waals surface area contributed by atoms with E-state index in [1.165, 1.54) is 11.8 Å². The maximum absolute atomic E-state index is 12.1. The van der Waals surface area contributed by atoms with E-state index in [1.807, 2.05) is 4.90 Å². The van der Waals surface area contributed by atoms with E-state index in [0.29, 0.717) is 29.1 Å². The summed E-state index contributed by atoms with van der Waals surface area (Å²) < 4.78 is 5.29. The van der Waals surface area contributed by atoms with Crippen LogP contribution >= 0.6 is 23.4 Å². The van der Waals surface area contributed by atoms with Gasteiger partial charge in [0.15, 0.2) is 5.17 Å². The molecule has 0 radical (unpaired) electrons. The Kier molecular flexibility index (Phi) is 5.20. The molecule has 3 rings (SSSR count). The first-order valence-corrected chi connectivity index (χ1v) is 8.55. The lowest BCUT2D eigenvalue weighted by molar-refractivity contribution is -0.121. The van der Waals surface area contributed by atoms with E-state index >= 15 is 0 Å². The molecule has 0 bridgehead atoms. The fourth-order valence-electron chi connectivity index (χ4n) is 2.35. The van der Waals surface area contributed by atoms with E-state index in [0.717, 1.165) is 13.1 Å². The number of carbonyl (C=O) groups is 2. The van der Waals surface area contributed by atoms with Gasteiger partial charge in [0.1, 0.15) is 5.25 Å². The second kappa shape index (κ2) is 7.33. The molecule has 2 aliphatic rings. The smallest absolute Gasteiger partial charge is 0.262 e. The Bertz CT molecular complexity index is 647. The van der Waals surface area contributed by atoms with Crippen molar-refractivity contribution in [3.63, 3.8) is 0 Å². The topological polar surface area (TPSA) is 71.0 Å². The van der Waals surface area contributed by atoms with Crippen molar-refractivity contribution in [2.45, 2.75) is 11.7 Å². The molecule has 1 fully saturated rings. The summed E-state index contributed by atoms with van der Waals surface area (Å²) in [7, 11) is 0. The van der Waals surface area contributed by atoms with Crippen LogP contribution in [0.25, 0.3) is 0 Å². The number of aliphatic imine (C=N–C) groups is 1. The van der Waals surface area contributed by atoms with Crippen molar-refractivity contribution >= 4 is 46.0 Å². The third kappa shape index (κ3) is 4.25. The Balaban J connectivity index is 1.54. The van der Waals surface area contributed by atoms with Crippen LogP contribution in [0.1, 0.15) is 6.42 Å². The molecule has 1 N–H and O–H groups in total. The van der Waals surface area contributed by atoms with E-state index in [-0.39, 0.29) is 18.2 Å². The largest absolute Gasteiger partial charge is 0.378 e. The number of hydrogen-bond donors (Lipinski definition) is 1. The highest BCUT2D eigenvalue weighted by Gasteiger charge is 2.33. The molecule has 1 atom stereocenters. The number of carbonyl (C=O) groups excluding carboxylic acids is 2. The van der Waals surface area contributed by atoms with Crippen LogP contribution in [-0.4, -0.2) is 53.4 Å². The van der Waals surface area contributed by atoms with Crippen LogP contribution in [0.4, 0.5) is 5.69 Å². The number of benzene rings is 1. The van der Waals surface area contributed by atoms with E-state index < -0.39 is 5.25 Å². The number of nitrogens with one attached hydrogen (secondary N) is 1. The molecule has 122 valence electrons. The molecule has 0 aliphatic carbocycles. The maximum atomic E-state index is 12.1. The Morgan fingerprint density at radius 2 is 2.22 bits per heavy atom. The van der Waals surface area contributed by atoms with Crippen LogP contribution in [0.15, 0.2) is 29.3 Å². The fourth-order valence-corrected chi connectivity index (χ4v) is 3.65. The lowest BCUT2D eigenvalue weighted by Gasteiger charge is -2.27. The Hall–Kier alpha value is -1.57. The maximum Gasteiger partial charge on any atom is 0.262 e. The van der Waals surface area contributed by atoms with Crippen LogP contribution in [0, 0.1) is 0 Å². The zero-order valence-electron chi connectivity index (χ0n) is 12.3. The van der Waals surface area contributed by atoms with Gasteiger partial charge in [0, 0.05) is 30.2 Å². The second-order valence-electron chi connectivity index (χ2n) is 5.20. The van der Waals surface area contributed by atoms with Gasteiger partial charge in [-0.3, -0.25) is 9.59 Å². The average molecular weight is 354 g/mol. The number of hydrogen-bond acceptors (Lipinski definition) is 5. The van der Waals surface area contributed by atoms with Gasteiger partial charge < -0.3 is 15.0 Å². The highest BCUT2D eigenvalue weighted by molar-refractivity contribution is 8.15. The fraction of sp³-hybridized carbons (Fsp3) is 0.400. The number of amides is 2.